The maximum atomic E-state index is 14.6. The van der Waals surface area contributed by atoms with Crippen molar-refractivity contribution in [3.63, 3.8) is 0 Å². The zero-order valence-electron chi connectivity index (χ0n) is 19.0. The van der Waals surface area contributed by atoms with Crippen molar-refractivity contribution in [2.45, 2.75) is 39.3 Å². The summed E-state index contributed by atoms with van der Waals surface area (Å²) >= 11 is 0. The second-order valence-electron chi connectivity index (χ2n) is 8.45. The minimum absolute atomic E-state index is 0.138. The van der Waals surface area contributed by atoms with Crippen LogP contribution >= 0.6 is 0 Å². The van der Waals surface area contributed by atoms with Gasteiger partial charge in [-0.15, -0.1) is 0 Å². The minimum Gasteiger partial charge on any atom is -0.494 e. The van der Waals surface area contributed by atoms with Gasteiger partial charge >= 0.3 is 0 Å². The van der Waals surface area contributed by atoms with Gasteiger partial charge < -0.3 is 4.74 Å². The average molecular weight is 448 g/mol. The van der Waals surface area contributed by atoms with Crippen molar-refractivity contribution in [3.8, 4) is 22.7 Å². The van der Waals surface area contributed by atoms with Crippen molar-refractivity contribution < 1.29 is 13.8 Å². The summed E-state index contributed by atoms with van der Waals surface area (Å²) in [6, 6.07) is 13.2. The fourth-order valence-electron chi connectivity index (χ4n) is 4.61. The van der Waals surface area contributed by atoms with Gasteiger partial charge in [0.15, 0.2) is 11.6 Å². The number of benzene rings is 2. The number of halogens is 1. The first-order chi connectivity index (χ1) is 16.0. The lowest BCUT2D eigenvalue weighted by atomic mass is 10.1. The van der Waals surface area contributed by atoms with Gasteiger partial charge in [-0.2, -0.15) is 5.10 Å². The molecule has 1 atom stereocenters. The van der Waals surface area contributed by atoms with Crippen LogP contribution in [0.4, 0.5) is 4.39 Å². The van der Waals surface area contributed by atoms with Crippen molar-refractivity contribution >= 4 is 0 Å². The second kappa shape index (κ2) is 8.78. The van der Waals surface area contributed by atoms with Crippen LogP contribution in [0.2, 0.25) is 0 Å². The largest absolute Gasteiger partial charge is 0.494 e. The van der Waals surface area contributed by atoms with Gasteiger partial charge in [-0.25, -0.2) is 13.7 Å². The predicted molar refractivity (Wildman–Crippen MR) is 122 cm³/mol. The van der Waals surface area contributed by atoms with Gasteiger partial charge in [0.25, 0.3) is 0 Å². The molecule has 1 aliphatic heterocycles. The van der Waals surface area contributed by atoms with Crippen molar-refractivity contribution in [1.29, 1.82) is 0 Å². The van der Waals surface area contributed by atoms with Gasteiger partial charge in [0.1, 0.15) is 11.4 Å². The van der Waals surface area contributed by atoms with E-state index in [0.717, 1.165) is 53.3 Å². The summed E-state index contributed by atoms with van der Waals surface area (Å²) in [4.78, 5) is 2.37. The van der Waals surface area contributed by atoms with Crippen LogP contribution in [0.1, 0.15) is 41.4 Å². The van der Waals surface area contributed by atoms with Gasteiger partial charge in [0.05, 0.1) is 24.5 Å². The fourth-order valence-corrected chi connectivity index (χ4v) is 4.61. The van der Waals surface area contributed by atoms with E-state index in [9.17, 15) is 4.39 Å². The molecule has 0 saturated carbocycles. The summed E-state index contributed by atoms with van der Waals surface area (Å²) < 4.78 is 26.5. The molecule has 4 aromatic rings. The molecule has 1 aliphatic rings. The molecule has 2 aromatic carbocycles. The average Bonchev–Trinajstić information content (AvgIpc) is 3.54. The first-order valence-electron chi connectivity index (χ1n) is 11.1. The third kappa shape index (κ3) is 4.02. The highest BCUT2D eigenvalue weighted by atomic mass is 19.1. The molecule has 2 aromatic heterocycles. The SMILES string of the molecule is COc1ccc(-c2nn(-c3ccccc3C)cc2CN2CCCC2c2nonc2C)cc1F. The Morgan fingerprint density at radius 2 is 2.00 bits per heavy atom. The third-order valence-electron chi connectivity index (χ3n) is 6.32. The fraction of sp³-hybridized carbons (Fsp3) is 0.320. The van der Waals surface area contributed by atoms with E-state index in [1.54, 1.807) is 6.07 Å². The summed E-state index contributed by atoms with van der Waals surface area (Å²) in [5.74, 6) is -0.193. The molecule has 1 unspecified atom stereocenters. The highest BCUT2D eigenvalue weighted by Crippen LogP contribution is 2.36. The van der Waals surface area contributed by atoms with Gasteiger partial charge in [-0.1, -0.05) is 28.5 Å². The number of likely N-dealkylation sites (tertiary alicyclic amines) is 1. The van der Waals surface area contributed by atoms with E-state index in [1.807, 2.05) is 42.1 Å². The van der Waals surface area contributed by atoms with E-state index in [1.165, 1.54) is 13.2 Å². The Balaban J connectivity index is 1.56. The zero-order chi connectivity index (χ0) is 22.9. The lowest BCUT2D eigenvalue weighted by Crippen LogP contribution is -2.23. The van der Waals surface area contributed by atoms with Gasteiger partial charge in [-0.05, 0) is 63.1 Å². The molecule has 5 rings (SSSR count). The Morgan fingerprint density at radius 3 is 2.73 bits per heavy atom. The summed E-state index contributed by atoms with van der Waals surface area (Å²) in [5, 5.41) is 13.0. The molecule has 7 nitrogen and oxygen atoms in total. The van der Waals surface area contributed by atoms with E-state index < -0.39 is 5.82 Å². The molecular weight excluding hydrogens is 421 g/mol. The van der Waals surface area contributed by atoms with E-state index in [0.29, 0.717) is 12.1 Å². The second-order valence-corrected chi connectivity index (χ2v) is 8.45. The van der Waals surface area contributed by atoms with Crippen molar-refractivity contribution in [2.75, 3.05) is 13.7 Å². The molecule has 33 heavy (non-hydrogen) atoms. The van der Waals surface area contributed by atoms with Crippen LogP contribution in [0.5, 0.6) is 5.75 Å². The Kier molecular flexibility index (Phi) is 5.68. The van der Waals surface area contributed by atoms with Crippen LogP contribution in [-0.2, 0) is 6.54 Å². The lowest BCUT2D eigenvalue weighted by Gasteiger charge is -2.22. The van der Waals surface area contributed by atoms with E-state index >= 15 is 0 Å². The van der Waals surface area contributed by atoms with Crippen LogP contribution in [-0.4, -0.2) is 38.6 Å². The first kappa shape index (κ1) is 21.3. The third-order valence-corrected chi connectivity index (χ3v) is 6.32. The number of aromatic nitrogens is 4. The first-order valence-corrected chi connectivity index (χ1v) is 11.1. The number of para-hydroxylation sites is 1. The number of ether oxygens (including phenoxy) is 1. The molecule has 1 saturated heterocycles. The topological polar surface area (TPSA) is 69.2 Å². The van der Waals surface area contributed by atoms with Crippen LogP contribution in [0.15, 0.2) is 53.3 Å². The summed E-state index contributed by atoms with van der Waals surface area (Å²) in [7, 11) is 1.46. The molecule has 8 heteroatoms. The molecule has 0 amide bonds. The number of rotatable bonds is 6. The molecule has 0 spiro atoms. The number of nitrogens with zero attached hydrogens (tertiary/aromatic N) is 5. The number of hydrogen-bond acceptors (Lipinski definition) is 6. The number of hydrogen-bond donors (Lipinski definition) is 0. The predicted octanol–water partition coefficient (Wildman–Crippen LogP) is 5.02. The molecule has 170 valence electrons. The van der Waals surface area contributed by atoms with Crippen molar-refractivity contribution in [3.05, 3.63) is 77.0 Å². The Morgan fingerprint density at radius 1 is 1.15 bits per heavy atom. The van der Waals surface area contributed by atoms with Gasteiger partial charge in [0, 0.05) is 23.9 Å². The quantitative estimate of drug-likeness (QED) is 0.413. The molecule has 0 bridgehead atoms. The van der Waals surface area contributed by atoms with Gasteiger partial charge in [0.2, 0.25) is 0 Å². The van der Waals surface area contributed by atoms with Gasteiger partial charge in [-0.3, -0.25) is 4.90 Å². The monoisotopic (exact) mass is 447 g/mol. The Labute approximate surface area is 191 Å². The number of aryl methyl sites for hydroxylation is 2. The normalized spacial score (nSPS) is 16.4. The summed E-state index contributed by atoms with van der Waals surface area (Å²) in [6.45, 7) is 5.57. The van der Waals surface area contributed by atoms with Crippen LogP contribution in [0, 0.1) is 19.7 Å². The molecule has 0 aliphatic carbocycles. The van der Waals surface area contributed by atoms with Crippen molar-refractivity contribution in [1.82, 2.24) is 25.0 Å². The van der Waals surface area contributed by atoms with Crippen LogP contribution in [0.25, 0.3) is 16.9 Å². The lowest BCUT2D eigenvalue weighted by molar-refractivity contribution is 0.231. The summed E-state index contributed by atoms with van der Waals surface area (Å²) in [5.41, 5.74) is 6.29. The molecule has 0 radical (unpaired) electrons. The highest BCUT2D eigenvalue weighted by molar-refractivity contribution is 5.64. The summed E-state index contributed by atoms with van der Waals surface area (Å²) in [6.07, 6.45) is 4.10. The van der Waals surface area contributed by atoms with E-state index in [-0.39, 0.29) is 11.8 Å². The van der Waals surface area contributed by atoms with Crippen molar-refractivity contribution in [2.24, 2.45) is 0 Å². The standard InChI is InChI=1S/C25H26FN5O2/c1-16-7-4-5-8-21(16)31-15-19(25(27-31)18-10-11-23(32-3)20(26)13-18)14-30-12-6-9-22(30)24-17(2)28-33-29-24/h4-5,7-8,10-11,13,15,22H,6,9,12,14H2,1-3H3. The zero-order valence-corrected chi connectivity index (χ0v) is 19.0. The van der Waals surface area contributed by atoms with Crippen LogP contribution in [0.3, 0.4) is 0 Å². The molecule has 0 N–H and O–H groups in total. The maximum absolute atomic E-state index is 14.6. The smallest absolute Gasteiger partial charge is 0.165 e. The Bertz CT molecular complexity index is 1280. The molecular formula is C25H26FN5O2. The van der Waals surface area contributed by atoms with Crippen LogP contribution < -0.4 is 4.74 Å². The minimum atomic E-state index is -0.408. The molecule has 1 fully saturated rings. The Hall–Kier alpha value is -3.52. The van der Waals surface area contributed by atoms with E-state index in [4.69, 9.17) is 14.5 Å². The maximum Gasteiger partial charge on any atom is 0.165 e. The highest BCUT2D eigenvalue weighted by Gasteiger charge is 2.31. The molecule has 3 heterocycles. The van der Waals surface area contributed by atoms with E-state index in [2.05, 4.69) is 28.2 Å². The number of methoxy groups -OCH3 is 1.